The van der Waals surface area contributed by atoms with Gasteiger partial charge in [-0.15, -0.1) is 0 Å². The van der Waals surface area contributed by atoms with Crippen molar-refractivity contribution in [1.82, 2.24) is 10.3 Å². The fourth-order valence-corrected chi connectivity index (χ4v) is 3.55. The van der Waals surface area contributed by atoms with E-state index in [1.54, 1.807) is 56.1 Å². The maximum Gasteiger partial charge on any atom is 0.408 e. The molecular formula is C22H25ClFN3O3. The zero-order valence-electron chi connectivity index (χ0n) is 17.2. The Morgan fingerprint density at radius 2 is 1.83 bits per heavy atom. The second-order valence-corrected chi connectivity index (χ2v) is 8.43. The first kappa shape index (κ1) is 21.9. The summed E-state index contributed by atoms with van der Waals surface area (Å²) in [6, 6.07) is 12.1. The van der Waals surface area contributed by atoms with Crippen molar-refractivity contribution in [3.05, 3.63) is 64.9 Å². The third-order valence-corrected chi connectivity index (χ3v) is 4.82. The molecule has 1 fully saturated rings. The van der Waals surface area contributed by atoms with Gasteiger partial charge in [0.1, 0.15) is 17.5 Å². The predicted molar refractivity (Wildman–Crippen MR) is 114 cm³/mol. The number of ether oxygens (including phenoxy) is 1. The summed E-state index contributed by atoms with van der Waals surface area (Å²) < 4.78 is 18.8. The topological polar surface area (TPSA) is 61.9 Å². The molecule has 0 aromatic heterocycles. The van der Waals surface area contributed by atoms with Gasteiger partial charge >= 0.3 is 6.09 Å². The highest BCUT2D eigenvalue weighted by atomic mass is 35.5. The molecule has 1 atom stereocenters. The standard InChI is InChI=1S/C22H25ClFN3O3/c1-22(2,3)30-21(29)25-19(15-8-5-4-6-9-15)20(28)27-13-7-12-26(27)18-11-10-16(24)14-17(18)23/h4-6,8-11,14,19H,7,12-13H2,1-3H3,(H,25,29)/t19-/m0/s1. The number of benzene rings is 2. The number of hydrogen-bond donors (Lipinski definition) is 1. The number of hydrogen-bond acceptors (Lipinski definition) is 4. The summed E-state index contributed by atoms with van der Waals surface area (Å²) in [7, 11) is 0. The molecular weight excluding hydrogens is 409 g/mol. The Bertz CT molecular complexity index is 918. The Kier molecular flexibility index (Phi) is 6.51. The molecule has 6 nitrogen and oxygen atoms in total. The van der Waals surface area contributed by atoms with E-state index in [-0.39, 0.29) is 10.9 Å². The monoisotopic (exact) mass is 433 g/mol. The Hall–Kier alpha value is -2.80. The summed E-state index contributed by atoms with van der Waals surface area (Å²) in [5.41, 5.74) is 0.466. The number of anilines is 1. The van der Waals surface area contributed by atoms with Crippen LogP contribution in [0, 0.1) is 5.82 Å². The lowest BCUT2D eigenvalue weighted by molar-refractivity contribution is -0.133. The number of halogens is 2. The quantitative estimate of drug-likeness (QED) is 0.759. The maximum atomic E-state index is 13.5. The van der Waals surface area contributed by atoms with Crippen molar-refractivity contribution in [3.63, 3.8) is 0 Å². The Labute approximate surface area is 180 Å². The van der Waals surface area contributed by atoms with Gasteiger partial charge in [0.25, 0.3) is 5.91 Å². The van der Waals surface area contributed by atoms with Crippen LogP contribution in [0.2, 0.25) is 5.02 Å². The van der Waals surface area contributed by atoms with Crippen LogP contribution in [0.4, 0.5) is 14.9 Å². The van der Waals surface area contributed by atoms with Crippen LogP contribution < -0.4 is 10.3 Å². The first-order chi connectivity index (χ1) is 14.2. The molecule has 0 unspecified atom stereocenters. The molecule has 1 heterocycles. The lowest BCUT2D eigenvalue weighted by atomic mass is 10.1. The van der Waals surface area contributed by atoms with Gasteiger partial charge in [0.05, 0.1) is 10.7 Å². The van der Waals surface area contributed by atoms with Crippen molar-refractivity contribution < 1.29 is 18.7 Å². The van der Waals surface area contributed by atoms with Gasteiger partial charge < -0.3 is 10.1 Å². The van der Waals surface area contributed by atoms with E-state index in [0.29, 0.717) is 30.8 Å². The second-order valence-electron chi connectivity index (χ2n) is 8.02. The Morgan fingerprint density at radius 3 is 2.47 bits per heavy atom. The molecule has 1 aliphatic heterocycles. The van der Waals surface area contributed by atoms with Gasteiger partial charge in [-0.05, 0) is 51.0 Å². The van der Waals surface area contributed by atoms with Crippen LogP contribution in [0.15, 0.2) is 48.5 Å². The van der Waals surface area contributed by atoms with Crippen LogP contribution in [0.1, 0.15) is 38.8 Å². The van der Waals surface area contributed by atoms with Crippen LogP contribution >= 0.6 is 11.6 Å². The Balaban J connectivity index is 1.88. The SMILES string of the molecule is CC(C)(C)OC(=O)N[C@H](C(=O)N1CCCN1c1ccc(F)cc1Cl)c1ccccc1. The van der Waals surface area contributed by atoms with Crippen LogP contribution in [0.25, 0.3) is 0 Å². The maximum absolute atomic E-state index is 13.5. The average Bonchev–Trinajstić information content (AvgIpc) is 3.14. The summed E-state index contributed by atoms with van der Waals surface area (Å²) in [6.07, 6.45) is 0.0307. The molecule has 0 saturated carbocycles. The van der Waals surface area contributed by atoms with E-state index in [0.717, 1.165) is 0 Å². The second kappa shape index (κ2) is 8.92. The molecule has 1 saturated heterocycles. The zero-order valence-corrected chi connectivity index (χ0v) is 17.9. The smallest absolute Gasteiger partial charge is 0.408 e. The molecule has 0 radical (unpaired) electrons. The van der Waals surface area contributed by atoms with Crippen molar-refractivity contribution in [2.24, 2.45) is 0 Å². The molecule has 0 aliphatic carbocycles. The zero-order chi connectivity index (χ0) is 21.9. The van der Waals surface area contributed by atoms with E-state index >= 15 is 0 Å². The van der Waals surface area contributed by atoms with Crippen molar-refractivity contribution in [3.8, 4) is 0 Å². The number of alkyl carbamates (subject to hydrolysis) is 1. The van der Waals surface area contributed by atoms with E-state index in [1.807, 2.05) is 6.07 Å². The minimum Gasteiger partial charge on any atom is -0.444 e. The van der Waals surface area contributed by atoms with Gasteiger partial charge in [-0.2, -0.15) is 0 Å². The first-order valence-corrected chi connectivity index (χ1v) is 10.1. The van der Waals surface area contributed by atoms with Crippen LogP contribution in [-0.4, -0.2) is 35.7 Å². The highest BCUT2D eigenvalue weighted by molar-refractivity contribution is 6.33. The number of nitrogens with one attached hydrogen (secondary N) is 1. The fourth-order valence-electron chi connectivity index (χ4n) is 3.29. The molecule has 2 aromatic rings. The molecule has 3 rings (SSSR count). The van der Waals surface area contributed by atoms with Crippen molar-refractivity contribution >= 4 is 29.3 Å². The normalized spacial score (nSPS) is 15.1. The number of nitrogens with zero attached hydrogens (tertiary/aromatic N) is 2. The Morgan fingerprint density at radius 1 is 1.13 bits per heavy atom. The highest BCUT2D eigenvalue weighted by Crippen LogP contribution is 2.32. The number of carbonyl (C=O) groups excluding carboxylic acids is 2. The summed E-state index contributed by atoms with van der Waals surface area (Å²) in [5, 5.41) is 6.16. The third kappa shape index (κ3) is 5.21. The van der Waals surface area contributed by atoms with Crippen LogP contribution in [0.3, 0.4) is 0 Å². The molecule has 160 valence electrons. The van der Waals surface area contributed by atoms with Crippen LogP contribution in [0.5, 0.6) is 0 Å². The summed E-state index contributed by atoms with van der Waals surface area (Å²) in [4.78, 5) is 25.9. The highest BCUT2D eigenvalue weighted by Gasteiger charge is 2.35. The minimum atomic E-state index is -0.944. The predicted octanol–water partition coefficient (Wildman–Crippen LogP) is 4.70. The molecule has 0 bridgehead atoms. The molecule has 8 heteroatoms. The molecule has 30 heavy (non-hydrogen) atoms. The molecule has 2 amide bonds. The number of carbonyl (C=O) groups is 2. The molecule has 2 aromatic carbocycles. The molecule has 1 N–H and O–H groups in total. The van der Waals surface area contributed by atoms with E-state index < -0.39 is 23.6 Å². The minimum absolute atomic E-state index is 0.214. The fraction of sp³-hybridized carbons (Fsp3) is 0.364. The summed E-state index contributed by atoms with van der Waals surface area (Å²) in [5.74, 6) is -0.778. The molecule has 0 spiro atoms. The van der Waals surface area contributed by atoms with Gasteiger partial charge in [-0.3, -0.25) is 14.8 Å². The van der Waals surface area contributed by atoms with Crippen LogP contribution in [-0.2, 0) is 9.53 Å². The van der Waals surface area contributed by atoms with Crippen molar-refractivity contribution in [2.75, 3.05) is 18.1 Å². The van der Waals surface area contributed by atoms with Gasteiger partial charge in [0.2, 0.25) is 0 Å². The average molecular weight is 434 g/mol. The van der Waals surface area contributed by atoms with Gasteiger partial charge in [-0.1, -0.05) is 41.9 Å². The number of amides is 2. The third-order valence-electron chi connectivity index (χ3n) is 4.51. The number of hydrazine groups is 1. The van der Waals surface area contributed by atoms with Crippen molar-refractivity contribution in [2.45, 2.75) is 38.8 Å². The summed E-state index contributed by atoms with van der Waals surface area (Å²) >= 11 is 6.22. The van der Waals surface area contributed by atoms with E-state index in [9.17, 15) is 14.0 Å². The number of rotatable bonds is 4. The van der Waals surface area contributed by atoms with E-state index in [2.05, 4.69) is 5.32 Å². The van der Waals surface area contributed by atoms with Gasteiger partial charge in [0, 0.05) is 13.1 Å². The van der Waals surface area contributed by atoms with E-state index in [1.165, 1.54) is 17.1 Å². The first-order valence-electron chi connectivity index (χ1n) is 9.74. The lowest BCUT2D eigenvalue weighted by Crippen LogP contribution is -2.49. The lowest BCUT2D eigenvalue weighted by Gasteiger charge is -2.33. The van der Waals surface area contributed by atoms with Crippen molar-refractivity contribution in [1.29, 1.82) is 0 Å². The summed E-state index contributed by atoms with van der Waals surface area (Å²) in [6.45, 7) is 6.26. The van der Waals surface area contributed by atoms with E-state index in [4.69, 9.17) is 16.3 Å². The van der Waals surface area contributed by atoms with Gasteiger partial charge in [0.15, 0.2) is 0 Å². The molecule has 1 aliphatic rings. The van der Waals surface area contributed by atoms with Gasteiger partial charge in [-0.25, -0.2) is 9.18 Å². The largest absolute Gasteiger partial charge is 0.444 e.